The van der Waals surface area contributed by atoms with E-state index in [1.165, 1.54) is 0 Å². The molecule has 26 heavy (non-hydrogen) atoms. The summed E-state index contributed by atoms with van der Waals surface area (Å²) >= 11 is 0. The van der Waals surface area contributed by atoms with Gasteiger partial charge in [-0.05, 0) is 32.6 Å². The second kappa shape index (κ2) is 7.35. The Balaban J connectivity index is 1.51. The van der Waals surface area contributed by atoms with Crippen molar-refractivity contribution < 1.29 is 9.59 Å². The fraction of sp³-hybridized carbons (Fsp3) is 0.647. The number of piperidine rings is 1. The highest BCUT2D eigenvalue weighted by Crippen LogP contribution is 2.30. The molecule has 3 rings (SSSR count). The highest BCUT2D eigenvalue weighted by atomic mass is 16.2. The summed E-state index contributed by atoms with van der Waals surface area (Å²) in [5.74, 6) is 1.76. The lowest BCUT2D eigenvalue weighted by atomic mass is 9.79. The van der Waals surface area contributed by atoms with Crippen LogP contribution in [0.1, 0.15) is 25.6 Å². The van der Waals surface area contributed by atoms with E-state index in [1.54, 1.807) is 13.2 Å². The highest BCUT2D eigenvalue weighted by Gasteiger charge is 2.48. The number of aliphatic imine (C=N–C) groups is 1. The predicted molar refractivity (Wildman–Crippen MR) is 97.7 cm³/mol. The zero-order valence-electron chi connectivity index (χ0n) is 15.6. The molecular weight excluding hydrogens is 334 g/mol. The number of rotatable bonds is 4. The number of nitrogens with one attached hydrogen (secondary N) is 3. The van der Waals surface area contributed by atoms with Gasteiger partial charge in [-0.25, -0.2) is 9.78 Å². The van der Waals surface area contributed by atoms with Crippen LogP contribution in [0, 0.1) is 12.8 Å². The number of nitrogens with zero attached hydrogens (tertiary/aromatic N) is 4. The van der Waals surface area contributed by atoms with Crippen LogP contribution in [0.25, 0.3) is 0 Å². The van der Waals surface area contributed by atoms with Crippen LogP contribution in [0.2, 0.25) is 0 Å². The van der Waals surface area contributed by atoms with Crippen LogP contribution in [0.3, 0.4) is 0 Å². The van der Waals surface area contributed by atoms with E-state index in [0.29, 0.717) is 0 Å². The third-order valence-corrected chi connectivity index (χ3v) is 5.45. The minimum Gasteiger partial charge on any atom is -0.354 e. The van der Waals surface area contributed by atoms with E-state index in [9.17, 15) is 9.59 Å². The molecule has 2 aliphatic rings. The topological polar surface area (TPSA) is 104 Å². The van der Waals surface area contributed by atoms with Crippen molar-refractivity contribution >= 4 is 17.9 Å². The molecule has 0 aliphatic carbocycles. The van der Waals surface area contributed by atoms with E-state index in [1.807, 2.05) is 20.0 Å². The molecule has 3 amide bonds. The Hall–Kier alpha value is -2.58. The normalized spacial score (nSPS) is 24.6. The Bertz CT molecular complexity index is 706. The summed E-state index contributed by atoms with van der Waals surface area (Å²) in [5, 5.41) is 8.53. The molecule has 9 nitrogen and oxygen atoms in total. The van der Waals surface area contributed by atoms with Gasteiger partial charge in [0.1, 0.15) is 11.4 Å². The van der Waals surface area contributed by atoms with Crippen molar-refractivity contribution in [2.45, 2.75) is 38.8 Å². The van der Waals surface area contributed by atoms with Crippen LogP contribution in [-0.2, 0) is 11.3 Å². The van der Waals surface area contributed by atoms with Crippen LogP contribution in [0.4, 0.5) is 4.79 Å². The molecular formula is C17H27N7O2. The first-order chi connectivity index (χ1) is 12.4. The number of aryl methyl sites for hydroxylation is 1. The van der Waals surface area contributed by atoms with E-state index in [2.05, 4.69) is 35.4 Å². The molecule has 0 spiro atoms. The van der Waals surface area contributed by atoms with Gasteiger partial charge < -0.3 is 20.1 Å². The number of hydrogen-bond acceptors (Lipinski definition) is 4. The Kier molecular flexibility index (Phi) is 5.15. The molecule has 2 saturated heterocycles. The smallest absolute Gasteiger partial charge is 0.322 e. The van der Waals surface area contributed by atoms with E-state index >= 15 is 0 Å². The molecule has 0 bridgehead atoms. The Morgan fingerprint density at radius 3 is 2.69 bits per heavy atom. The summed E-state index contributed by atoms with van der Waals surface area (Å²) in [5.41, 5.74) is -0.806. The molecule has 9 heteroatoms. The Morgan fingerprint density at radius 1 is 1.42 bits per heavy atom. The number of guanidine groups is 1. The zero-order valence-corrected chi connectivity index (χ0v) is 15.6. The molecule has 1 atom stereocenters. The summed E-state index contributed by atoms with van der Waals surface area (Å²) in [6.45, 7) is 6.98. The molecule has 2 fully saturated rings. The monoisotopic (exact) mass is 361 g/mol. The zero-order chi connectivity index (χ0) is 18.7. The lowest BCUT2D eigenvalue weighted by molar-refractivity contribution is -0.125. The summed E-state index contributed by atoms with van der Waals surface area (Å²) in [4.78, 5) is 34.4. The molecule has 1 aromatic rings. The Morgan fingerprint density at radius 2 is 2.15 bits per heavy atom. The number of likely N-dealkylation sites (tertiary alicyclic amines) is 1. The molecule has 0 radical (unpaired) electrons. The van der Waals surface area contributed by atoms with Gasteiger partial charge in [-0.15, -0.1) is 0 Å². The van der Waals surface area contributed by atoms with Crippen LogP contribution < -0.4 is 16.0 Å². The molecule has 1 unspecified atom stereocenters. The van der Waals surface area contributed by atoms with Gasteiger partial charge in [-0.2, -0.15) is 0 Å². The van der Waals surface area contributed by atoms with E-state index in [0.717, 1.165) is 50.8 Å². The molecule has 0 saturated carbocycles. The van der Waals surface area contributed by atoms with E-state index < -0.39 is 11.6 Å². The van der Waals surface area contributed by atoms with Gasteiger partial charge >= 0.3 is 6.03 Å². The largest absolute Gasteiger partial charge is 0.354 e. The average molecular weight is 361 g/mol. The SMILES string of the molecule is CN=C(NCCn1ccnc1C)N1CCC(C2(C)NC(=O)NC2=O)CC1. The fourth-order valence-corrected chi connectivity index (χ4v) is 3.77. The van der Waals surface area contributed by atoms with Gasteiger partial charge in [0.2, 0.25) is 0 Å². The number of amides is 3. The number of aromatic nitrogens is 2. The van der Waals surface area contributed by atoms with Crippen molar-refractivity contribution in [2.75, 3.05) is 26.7 Å². The van der Waals surface area contributed by atoms with E-state index in [4.69, 9.17) is 0 Å². The summed E-state index contributed by atoms with van der Waals surface area (Å²) in [6, 6.07) is -0.396. The maximum atomic E-state index is 12.1. The third kappa shape index (κ3) is 3.51. The van der Waals surface area contributed by atoms with Gasteiger partial charge in [0.05, 0.1) is 0 Å². The predicted octanol–water partition coefficient (Wildman–Crippen LogP) is 0.0770. The molecule has 0 aromatic carbocycles. The number of urea groups is 1. The molecule has 3 heterocycles. The number of imide groups is 1. The van der Waals surface area contributed by atoms with Crippen molar-refractivity contribution in [1.29, 1.82) is 0 Å². The first kappa shape index (κ1) is 18.2. The van der Waals surface area contributed by atoms with Gasteiger partial charge in [0, 0.05) is 45.6 Å². The van der Waals surface area contributed by atoms with Crippen molar-refractivity contribution in [3.8, 4) is 0 Å². The van der Waals surface area contributed by atoms with Crippen molar-refractivity contribution in [2.24, 2.45) is 10.9 Å². The van der Waals surface area contributed by atoms with Crippen LogP contribution >= 0.6 is 0 Å². The summed E-state index contributed by atoms with van der Waals surface area (Å²) < 4.78 is 2.09. The molecule has 1 aromatic heterocycles. The number of carbonyl (C=O) groups is 2. The second-order valence-electron chi connectivity index (χ2n) is 7.01. The molecule has 142 valence electrons. The Labute approximate surface area is 153 Å². The van der Waals surface area contributed by atoms with Gasteiger partial charge in [0.15, 0.2) is 5.96 Å². The highest BCUT2D eigenvalue weighted by molar-refractivity contribution is 6.07. The van der Waals surface area contributed by atoms with Crippen molar-refractivity contribution in [3.05, 3.63) is 18.2 Å². The maximum Gasteiger partial charge on any atom is 0.322 e. The number of hydrogen-bond donors (Lipinski definition) is 3. The van der Waals surface area contributed by atoms with Crippen LogP contribution in [0.15, 0.2) is 17.4 Å². The molecule has 3 N–H and O–H groups in total. The third-order valence-electron chi connectivity index (χ3n) is 5.45. The first-order valence-corrected chi connectivity index (χ1v) is 9.01. The standard InChI is InChI=1S/C17H27N7O2/c1-12-19-6-10-23(12)11-7-20-15(18-3)24-8-4-13(5-9-24)17(2)14(25)21-16(26)22-17/h6,10,13H,4-5,7-9,11H2,1-3H3,(H,18,20)(H2,21,22,25,26). The number of imidazole rings is 1. The van der Waals surface area contributed by atoms with Gasteiger partial charge in [-0.1, -0.05) is 0 Å². The van der Waals surface area contributed by atoms with Crippen LogP contribution in [0.5, 0.6) is 0 Å². The minimum atomic E-state index is -0.806. The summed E-state index contributed by atoms with van der Waals surface area (Å²) in [6.07, 6.45) is 5.41. The maximum absolute atomic E-state index is 12.1. The van der Waals surface area contributed by atoms with Crippen LogP contribution in [-0.4, -0.2) is 64.6 Å². The van der Waals surface area contributed by atoms with Gasteiger partial charge in [0.25, 0.3) is 5.91 Å². The minimum absolute atomic E-state index is 0.122. The van der Waals surface area contributed by atoms with Crippen molar-refractivity contribution in [1.82, 2.24) is 30.4 Å². The van der Waals surface area contributed by atoms with E-state index in [-0.39, 0.29) is 11.8 Å². The lowest BCUT2D eigenvalue weighted by Crippen LogP contribution is -2.55. The first-order valence-electron chi connectivity index (χ1n) is 9.01. The summed E-state index contributed by atoms with van der Waals surface area (Å²) in [7, 11) is 1.78. The second-order valence-corrected chi connectivity index (χ2v) is 7.01. The average Bonchev–Trinajstić information content (AvgIpc) is 3.15. The lowest BCUT2D eigenvalue weighted by Gasteiger charge is -2.39. The number of carbonyl (C=O) groups excluding carboxylic acids is 2. The quantitative estimate of drug-likeness (QED) is 0.400. The molecule has 2 aliphatic heterocycles. The van der Waals surface area contributed by atoms with Crippen molar-refractivity contribution in [3.63, 3.8) is 0 Å². The fourth-order valence-electron chi connectivity index (χ4n) is 3.77. The van der Waals surface area contributed by atoms with Gasteiger partial charge in [-0.3, -0.25) is 15.1 Å².